The van der Waals surface area contributed by atoms with Gasteiger partial charge >= 0.3 is 11.1 Å². The average molecular weight is 309 g/mol. The molecule has 3 rings (SSSR count). The highest BCUT2D eigenvalue weighted by Crippen LogP contribution is 2.34. The van der Waals surface area contributed by atoms with Crippen LogP contribution in [0.3, 0.4) is 0 Å². The molecule has 0 bridgehead atoms. The number of hydrogen-bond acceptors (Lipinski definition) is 7. The number of amides is 1. The number of aromatic nitrogens is 2. The maximum Gasteiger partial charge on any atom is 0.407 e. The van der Waals surface area contributed by atoms with Crippen molar-refractivity contribution in [2.75, 3.05) is 31.1 Å². The first-order valence-electron chi connectivity index (χ1n) is 6.18. The Morgan fingerprint density at radius 1 is 1.33 bits per heavy atom. The zero-order chi connectivity index (χ0) is 15.0. The molecule has 1 N–H and O–H groups in total. The first-order valence-corrected chi connectivity index (χ1v) is 6.99. The number of carboxylic acid groups (broad SMARTS) is 1. The van der Waals surface area contributed by atoms with Gasteiger partial charge in [0.1, 0.15) is 17.0 Å². The van der Waals surface area contributed by atoms with E-state index < -0.39 is 11.0 Å². The van der Waals surface area contributed by atoms with Crippen LogP contribution >= 0.6 is 11.3 Å². The van der Waals surface area contributed by atoms with Crippen molar-refractivity contribution < 1.29 is 14.8 Å². The topological polar surface area (TPSA) is 113 Å². The summed E-state index contributed by atoms with van der Waals surface area (Å²) in [6.45, 7) is 1.77. The summed E-state index contributed by atoms with van der Waals surface area (Å²) in [6.07, 6.45) is 0.440. The SMILES string of the molecule is O=C(O)N1CCN(c2ncnc3sc([N+](=O)[O-])cc23)CC1. The summed E-state index contributed by atoms with van der Waals surface area (Å²) < 4.78 is 0. The van der Waals surface area contributed by atoms with E-state index in [0.29, 0.717) is 42.2 Å². The molecular weight excluding hydrogens is 298 g/mol. The summed E-state index contributed by atoms with van der Waals surface area (Å²) in [5.41, 5.74) is 0. The zero-order valence-electron chi connectivity index (χ0n) is 10.8. The predicted octanol–water partition coefficient (Wildman–Crippen LogP) is 1.40. The third kappa shape index (κ3) is 2.44. The summed E-state index contributed by atoms with van der Waals surface area (Å²) in [6, 6.07) is 1.47. The van der Waals surface area contributed by atoms with Crippen LogP contribution in [0.15, 0.2) is 12.4 Å². The van der Waals surface area contributed by atoms with Gasteiger partial charge < -0.3 is 14.9 Å². The lowest BCUT2D eigenvalue weighted by Crippen LogP contribution is -2.48. The molecule has 1 saturated heterocycles. The number of anilines is 1. The van der Waals surface area contributed by atoms with E-state index in [9.17, 15) is 14.9 Å². The van der Waals surface area contributed by atoms with Gasteiger partial charge in [-0.3, -0.25) is 10.1 Å². The van der Waals surface area contributed by atoms with Crippen LogP contribution in [-0.4, -0.2) is 57.2 Å². The molecule has 0 atom stereocenters. The van der Waals surface area contributed by atoms with Crippen LogP contribution in [-0.2, 0) is 0 Å². The minimum Gasteiger partial charge on any atom is -0.465 e. The lowest BCUT2D eigenvalue weighted by molar-refractivity contribution is -0.380. The van der Waals surface area contributed by atoms with Crippen molar-refractivity contribution in [2.24, 2.45) is 0 Å². The molecule has 10 heteroatoms. The first kappa shape index (κ1) is 13.5. The quantitative estimate of drug-likeness (QED) is 0.659. The Hall–Kier alpha value is -2.49. The van der Waals surface area contributed by atoms with Gasteiger partial charge in [0.2, 0.25) is 0 Å². The molecule has 3 heterocycles. The zero-order valence-corrected chi connectivity index (χ0v) is 11.6. The van der Waals surface area contributed by atoms with Crippen LogP contribution in [0, 0.1) is 10.1 Å². The van der Waals surface area contributed by atoms with Crippen molar-refractivity contribution in [1.29, 1.82) is 0 Å². The third-order valence-electron chi connectivity index (χ3n) is 3.33. The molecule has 2 aromatic heterocycles. The minimum atomic E-state index is -0.936. The maximum absolute atomic E-state index is 10.9. The Kier molecular flexibility index (Phi) is 3.29. The monoisotopic (exact) mass is 309 g/mol. The van der Waals surface area contributed by atoms with E-state index in [4.69, 9.17) is 5.11 Å². The lowest BCUT2D eigenvalue weighted by Gasteiger charge is -2.33. The number of thiophene rings is 1. The smallest absolute Gasteiger partial charge is 0.407 e. The standard InChI is InChI=1S/C11H11N5O4S/c17-11(18)15-3-1-14(2-4-15)9-7-5-8(16(19)20)21-10(7)13-6-12-9/h5-6H,1-4H2,(H,17,18). The summed E-state index contributed by atoms with van der Waals surface area (Å²) >= 11 is 1.01. The molecule has 9 nitrogen and oxygen atoms in total. The van der Waals surface area contributed by atoms with Gasteiger partial charge in [-0.25, -0.2) is 14.8 Å². The first-order chi connectivity index (χ1) is 10.1. The van der Waals surface area contributed by atoms with Crippen molar-refractivity contribution in [3.05, 3.63) is 22.5 Å². The number of hydrogen-bond donors (Lipinski definition) is 1. The van der Waals surface area contributed by atoms with E-state index in [2.05, 4.69) is 9.97 Å². The molecule has 1 amide bonds. The van der Waals surface area contributed by atoms with Crippen LogP contribution in [0.5, 0.6) is 0 Å². The normalized spacial score (nSPS) is 15.4. The third-order valence-corrected chi connectivity index (χ3v) is 4.32. The second kappa shape index (κ2) is 5.13. The van der Waals surface area contributed by atoms with Crippen LogP contribution in [0.4, 0.5) is 15.6 Å². The minimum absolute atomic E-state index is 0.0240. The molecule has 1 fully saturated rings. The lowest BCUT2D eigenvalue weighted by atomic mass is 10.3. The number of rotatable bonds is 2. The Labute approximate surface area is 122 Å². The molecule has 1 aliphatic rings. The Balaban J connectivity index is 1.90. The molecular formula is C11H11N5O4S. The van der Waals surface area contributed by atoms with Gasteiger partial charge in [0.05, 0.1) is 10.3 Å². The second-order valence-electron chi connectivity index (χ2n) is 4.51. The summed E-state index contributed by atoms with van der Waals surface area (Å²) in [7, 11) is 0. The molecule has 2 aromatic rings. The van der Waals surface area contributed by atoms with Crippen molar-refractivity contribution in [3.8, 4) is 0 Å². The maximum atomic E-state index is 10.9. The van der Waals surface area contributed by atoms with E-state index >= 15 is 0 Å². The van der Waals surface area contributed by atoms with E-state index in [1.54, 1.807) is 0 Å². The number of carbonyl (C=O) groups is 1. The molecule has 1 aliphatic heterocycles. The molecule has 0 aliphatic carbocycles. The highest BCUT2D eigenvalue weighted by molar-refractivity contribution is 7.21. The fraction of sp³-hybridized carbons (Fsp3) is 0.364. The fourth-order valence-corrected chi connectivity index (χ4v) is 3.09. The Bertz CT molecular complexity index is 710. The number of piperazine rings is 1. The molecule has 0 aromatic carbocycles. The van der Waals surface area contributed by atoms with Crippen molar-refractivity contribution in [3.63, 3.8) is 0 Å². The van der Waals surface area contributed by atoms with Crippen LogP contribution in [0.2, 0.25) is 0 Å². The summed E-state index contributed by atoms with van der Waals surface area (Å²) in [5, 5.41) is 20.5. The number of nitro groups is 1. The van der Waals surface area contributed by atoms with E-state index in [1.165, 1.54) is 17.3 Å². The summed E-state index contributed by atoms with van der Waals surface area (Å²) in [4.78, 5) is 33.4. The van der Waals surface area contributed by atoms with Gasteiger partial charge in [-0.15, -0.1) is 0 Å². The molecule has 110 valence electrons. The predicted molar refractivity (Wildman–Crippen MR) is 75.9 cm³/mol. The Morgan fingerprint density at radius 3 is 2.67 bits per heavy atom. The largest absolute Gasteiger partial charge is 0.465 e. The molecule has 0 radical (unpaired) electrons. The second-order valence-corrected chi connectivity index (χ2v) is 5.52. The van der Waals surface area contributed by atoms with E-state index in [1.807, 2.05) is 4.90 Å². The van der Waals surface area contributed by atoms with Crippen LogP contribution in [0.1, 0.15) is 0 Å². The van der Waals surface area contributed by atoms with Crippen molar-refractivity contribution >= 4 is 38.5 Å². The van der Waals surface area contributed by atoms with Crippen LogP contribution < -0.4 is 4.90 Å². The van der Waals surface area contributed by atoms with Gasteiger partial charge in [0.25, 0.3) is 0 Å². The van der Waals surface area contributed by atoms with Gasteiger partial charge in [0, 0.05) is 32.2 Å². The summed E-state index contributed by atoms with van der Waals surface area (Å²) in [5.74, 6) is 0.620. The number of fused-ring (bicyclic) bond motifs is 1. The van der Waals surface area contributed by atoms with E-state index in [-0.39, 0.29) is 5.00 Å². The number of nitrogens with zero attached hydrogens (tertiary/aromatic N) is 5. The van der Waals surface area contributed by atoms with Gasteiger partial charge in [-0.05, 0) is 11.3 Å². The van der Waals surface area contributed by atoms with E-state index in [0.717, 1.165) is 11.3 Å². The highest BCUT2D eigenvalue weighted by atomic mass is 32.1. The van der Waals surface area contributed by atoms with Gasteiger partial charge in [-0.1, -0.05) is 0 Å². The fourth-order valence-electron chi connectivity index (χ4n) is 2.28. The van der Waals surface area contributed by atoms with Crippen LogP contribution in [0.25, 0.3) is 10.2 Å². The average Bonchev–Trinajstić information content (AvgIpc) is 2.91. The van der Waals surface area contributed by atoms with Gasteiger partial charge in [-0.2, -0.15) is 0 Å². The molecule has 0 unspecified atom stereocenters. The molecule has 21 heavy (non-hydrogen) atoms. The molecule has 0 spiro atoms. The van der Waals surface area contributed by atoms with Gasteiger partial charge in [0.15, 0.2) is 0 Å². The van der Waals surface area contributed by atoms with Crippen molar-refractivity contribution in [1.82, 2.24) is 14.9 Å². The Morgan fingerprint density at radius 2 is 2.05 bits per heavy atom. The molecule has 0 saturated carbocycles. The van der Waals surface area contributed by atoms with Crippen molar-refractivity contribution in [2.45, 2.75) is 0 Å². The highest BCUT2D eigenvalue weighted by Gasteiger charge is 2.24.